The average molecular weight is 210 g/mol. The van der Waals surface area contributed by atoms with Gasteiger partial charge in [0.1, 0.15) is 5.82 Å². The predicted octanol–water partition coefficient (Wildman–Crippen LogP) is 1.13. The van der Waals surface area contributed by atoms with E-state index in [0.717, 1.165) is 0 Å². The fourth-order valence-electron chi connectivity index (χ4n) is 1.28. The lowest BCUT2D eigenvalue weighted by atomic mass is 10.2. The molecule has 82 valence electrons. The largest absolute Gasteiger partial charge is 0.341 e. The summed E-state index contributed by atoms with van der Waals surface area (Å²) in [7, 11) is 1.64. The molecule has 4 heteroatoms. The standard InChI is InChI=1S/C11H15FN2O/c1-14(11(15)6-7-13)8-9-4-2-3-5-10(9)12/h2-5H,6-8,13H2,1H3. The Kier molecular flexibility index (Phi) is 4.24. The number of rotatable bonds is 4. The number of carbonyl (C=O) groups excluding carboxylic acids is 1. The van der Waals surface area contributed by atoms with Crippen LogP contribution in [0.5, 0.6) is 0 Å². The topological polar surface area (TPSA) is 46.3 Å². The summed E-state index contributed by atoms with van der Waals surface area (Å²) in [6.07, 6.45) is 0.297. The highest BCUT2D eigenvalue weighted by Crippen LogP contribution is 2.09. The molecule has 1 aromatic carbocycles. The molecule has 0 radical (unpaired) electrons. The van der Waals surface area contributed by atoms with Crippen molar-refractivity contribution in [3.63, 3.8) is 0 Å². The number of nitrogens with zero attached hydrogens (tertiary/aromatic N) is 1. The molecule has 0 unspecified atom stereocenters. The Bertz CT molecular complexity index is 341. The summed E-state index contributed by atoms with van der Waals surface area (Å²) in [6, 6.07) is 6.43. The van der Waals surface area contributed by atoms with Gasteiger partial charge in [0.2, 0.25) is 5.91 Å². The van der Waals surface area contributed by atoms with E-state index in [4.69, 9.17) is 5.73 Å². The van der Waals surface area contributed by atoms with Crippen molar-refractivity contribution in [2.75, 3.05) is 13.6 Å². The summed E-state index contributed by atoms with van der Waals surface area (Å²) in [5.74, 6) is -0.356. The zero-order valence-corrected chi connectivity index (χ0v) is 8.74. The van der Waals surface area contributed by atoms with Crippen LogP contribution in [0.2, 0.25) is 0 Å². The van der Waals surface area contributed by atoms with Crippen molar-refractivity contribution in [2.24, 2.45) is 5.73 Å². The van der Waals surface area contributed by atoms with Crippen molar-refractivity contribution in [1.82, 2.24) is 4.90 Å². The van der Waals surface area contributed by atoms with Crippen molar-refractivity contribution in [3.05, 3.63) is 35.6 Å². The monoisotopic (exact) mass is 210 g/mol. The smallest absolute Gasteiger partial charge is 0.223 e. The number of halogens is 1. The molecule has 0 aliphatic carbocycles. The van der Waals surface area contributed by atoms with Gasteiger partial charge in [-0.3, -0.25) is 4.79 Å². The Hall–Kier alpha value is -1.42. The zero-order valence-electron chi connectivity index (χ0n) is 8.74. The fourth-order valence-corrected chi connectivity index (χ4v) is 1.28. The van der Waals surface area contributed by atoms with E-state index >= 15 is 0 Å². The molecule has 0 aliphatic heterocycles. The third kappa shape index (κ3) is 3.32. The molecule has 0 bridgehead atoms. The summed E-state index contributed by atoms with van der Waals surface area (Å²) >= 11 is 0. The number of amides is 1. The SMILES string of the molecule is CN(Cc1ccccc1F)C(=O)CCN. The van der Waals surface area contributed by atoms with E-state index in [-0.39, 0.29) is 18.3 Å². The maximum Gasteiger partial charge on any atom is 0.223 e. The highest BCUT2D eigenvalue weighted by Gasteiger charge is 2.09. The molecule has 1 amide bonds. The van der Waals surface area contributed by atoms with Gasteiger partial charge in [0.25, 0.3) is 0 Å². The lowest BCUT2D eigenvalue weighted by Crippen LogP contribution is -2.28. The van der Waals surface area contributed by atoms with Crippen LogP contribution in [-0.2, 0) is 11.3 Å². The Balaban J connectivity index is 2.62. The molecular formula is C11H15FN2O. The first-order valence-corrected chi connectivity index (χ1v) is 4.82. The number of hydrogen-bond donors (Lipinski definition) is 1. The van der Waals surface area contributed by atoms with Gasteiger partial charge in [0, 0.05) is 32.1 Å². The summed E-state index contributed by atoms with van der Waals surface area (Å²) in [4.78, 5) is 12.9. The second-order valence-corrected chi connectivity index (χ2v) is 3.38. The van der Waals surface area contributed by atoms with E-state index in [2.05, 4.69) is 0 Å². The highest BCUT2D eigenvalue weighted by molar-refractivity contribution is 5.76. The van der Waals surface area contributed by atoms with Crippen molar-refractivity contribution < 1.29 is 9.18 Å². The minimum absolute atomic E-state index is 0.0687. The van der Waals surface area contributed by atoms with Gasteiger partial charge in [0.05, 0.1) is 0 Å². The van der Waals surface area contributed by atoms with Gasteiger partial charge in [0.15, 0.2) is 0 Å². The molecule has 0 saturated heterocycles. The maximum absolute atomic E-state index is 13.2. The molecule has 0 aliphatic rings. The molecule has 0 saturated carbocycles. The Morgan fingerprint density at radius 3 is 2.73 bits per heavy atom. The van der Waals surface area contributed by atoms with E-state index in [1.165, 1.54) is 11.0 Å². The van der Waals surface area contributed by atoms with Gasteiger partial charge in [-0.2, -0.15) is 0 Å². The van der Waals surface area contributed by atoms with Crippen molar-refractivity contribution in [2.45, 2.75) is 13.0 Å². The lowest BCUT2D eigenvalue weighted by Gasteiger charge is -2.17. The second-order valence-electron chi connectivity index (χ2n) is 3.38. The van der Waals surface area contributed by atoms with E-state index < -0.39 is 0 Å². The van der Waals surface area contributed by atoms with Gasteiger partial charge in [-0.25, -0.2) is 4.39 Å². The molecule has 1 aromatic rings. The molecule has 0 atom stereocenters. The molecule has 3 nitrogen and oxygen atoms in total. The molecule has 2 N–H and O–H groups in total. The Labute approximate surface area is 88.7 Å². The molecular weight excluding hydrogens is 195 g/mol. The van der Waals surface area contributed by atoms with Crippen LogP contribution in [0.25, 0.3) is 0 Å². The van der Waals surface area contributed by atoms with Crippen molar-refractivity contribution in [1.29, 1.82) is 0 Å². The summed E-state index contributed by atoms with van der Waals surface area (Å²) in [5.41, 5.74) is 5.79. The third-order valence-corrected chi connectivity index (χ3v) is 2.15. The van der Waals surface area contributed by atoms with Gasteiger partial charge in [-0.05, 0) is 6.07 Å². The van der Waals surface area contributed by atoms with E-state index in [1.54, 1.807) is 25.2 Å². The predicted molar refractivity (Wildman–Crippen MR) is 56.5 cm³/mol. The van der Waals surface area contributed by atoms with Crippen LogP contribution < -0.4 is 5.73 Å². The molecule has 0 aromatic heterocycles. The second kappa shape index (κ2) is 5.46. The van der Waals surface area contributed by atoms with Gasteiger partial charge < -0.3 is 10.6 Å². The van der Waals surface area contributed by atoms with Crippen LogP contribution >= 0.6 is 0 Å². The lowest BCUT2D eigenvalue weighted by molar-refractivity contribution is -0.130. The van der Waals surface area contributed by atoms with Crippen LogP contribution in [-0.4, -0.2) is 24.4 Å². The number of carbonyl (C=O) groups is 1. The van der Waals surface area contributed by atoms with Gasteiger partial charge in [-0.15, -0.1) is 0 Å². The van der Waals surface area contributed by atoms with E-state index in [1.807, 2.05) is 0 Å². The molecule has 1 rings (SSSR count). The van der Waals surface area contributed by atoms with E-state index in [0.29, 0.717) is 18.5 Å². The quantitative estimate of drug-likeness (QED) is 0.809. The fraction of sp³-hybridized carbons (Fsp3) is 0.364. The van der Waals surface area contributed by atoms with Gasteiger partial charge >= 0.3 is 0 Å². The average Bonchev–Trinajstić information content (AvgIpc) is 2.21. The number of nitrogens with two attached hydrogens (primary N) is 1. The van der Waals surface area contributed by atoms with E-state index in [9.17, 15) is 9.18 Å². The van der Waals surface area contributed by atoms with Crippen molar-refractivity contribution in [3.8, 4) is 0 Å². The van der Waals surface area contributed by atoms with Crippen molar-refractivity contribution >= 4 is 5.91 Å². The van der Waals surface area contributed by atoms with Crippen LogP contribution in [0.1, 0.15) is 12.0 Å². The molecule has 0 heterocycles. The zero-order chi connectivity index (χ0) is 11.3. The van der Waals surface area contributed by atoms with Gasteiger partial charge in [-0.1, -0.05) is 18.2 Å². The van der Waals surface area contributed by atoms with Crippen LogP contribution in [0.3, 0.4) is 0 Å². The highest BCUT2D eigenvalue weighted by atomic mass is 19.1. The first-order valence-electron chi connectivity index (χ1n) is 4.82. The van der Waals surface area contributed by atoms with Crippen LogP contribution in [0.15, 0.2) is 24.3 Å². The first kappa shape index (κ1) is 11.7. The normalized spacial score (nSPS) is 10.1. The summed E-state index contributed by atoms with van der Waals surface area (Å²) < 4.78 is 13.2. The summed E-state index contributed by atoms with van der Waals surface area (Å²) in [6.45, 7) is 0.603. The number of benzene rings is 1. The van der Waals surface area contributed by atoms with Crippen LogP contribution in [0.4, 0.5) is 4.39 Å². The number of hydrogen-bond acceptors (Lipinski definition) is 2. The molecule has 0 spiro atoms. The Morgan fingerprint density at radius 1 is 1.47 bits per heavy atom. The minimum atomic E-state index is -0.287. The maximum atomic E-state index is 13.2. The molecule has 15 heavy (non-hydrogen) atoms. The Morgan fingerprint density at radius 2 is 2.13 bits per heavy atom. The minimum Gasteiger partial charge on any atom is -0.341 e. The molecule has 0 fully saturated rings. The first-order chi connectivity index (χ1) is 7.15. The van der Waals surface area contributed by atoms with Crippen LogP contribution in [0, 0.1) is 5.82 Å². The summed E-state index contributed by atoms with van der Waals surface area (Å²) in [5, 5.41) is 0. The third-order valence-electron chi connectivity index (χ3n) is 2.15.